The fourth-order valence-corrected chi connectivity index (χ4v) is 6.37. The number of aryl methyl sites for hydroxylation is 1. The fraction of sp³-hybridized carbons (Fsp3) is 0.156. The third-order valence-electron chi connectivity index (χ3n) is 7.88. The van der Waals surface area contributed by atoms with Crippen LogP contribution >= 0.6 is 0 Å². The van der Waals surface area contributed by atoms with Gasteiger partial charge in [-0.3, -0.25) is 0 Å². The Morgan fingerprint density at radius 1 is 0.743 bits per heavy atom. The number of hydrogen-bond donors (Lipinski definition) is 0. The molecule has 3 atom stereocenters. The number of benzene rings is 3. The quantitative estimate of drug-likeness (QED) is 0.237. The molecule has 3 heteroatoms. The Morgan fingerprint density at radius 3 is 2.40 bits per heavy atom. The summed E-state index contributed by atoms with van der Waals surface area (Å²) in [5.74, 6) is 0.207. The molecule has 3 unspecified atom stereocenters. The summed E-state index contributed by atoms with van der Waals surface area (Å²) in [5.41, 5.74) is 9.08. The lowest BCUT2D eigenvalue weighted by Crippen LogP contribution is -2.50. The maximum atomic E-state index is 4.87. The van der Waals surface area contributed by atoms with Crippen LogP contribution in [0.2, 0.25) is 0 Å². The highest BCUT2D eigenvalue weighted by atomic mass is 15.4. The van der Waals surface area contributed by atoms with Gasteiger partial charge in [0.05, 0.1) is 11.5 Å². The van der Waals surface area contributed by atoms with E-state index in [1.165, 1.54) is 39.3 Å². The topological polar surface area (TPSA) is 10.4 Å². The van der Waals surface area contributed by atoms with Gasteiger partial charge in [0.15, 0.2) is 12.2 Å². The van der Waals surface area contributed by atoms with E-state index in [0.29, 0.717) is 6.04 Å². The van der Waals surface area contributed by atoms with Crippen molar-refractivity contribution in [1.29, 1.82) is 0 Å². The van der Waals surface area contributed by atoms with Crippen LogP contribution in [0.15, 0.2) is 128 Å². The second-order valence-corrected chi connectivity index (χ2v) is 9.69. The maximum absolute atomic E-state index is 4.87. The van der Waals surface area contributed by atoms with E-state index in [0.717, 1.165) is 12.8 Å². The van der Waals surface area contributed by atoms with E-state index in [4.69, 9.17) is 6.58 Å². The van der Waals surface area contributed by atoms with Gasteiger partial charge in [-0.25, -0.2) is 0 Å². The fourth-order valence-electron chi connectivity index (χ4n) is 6.37. The van der Waals surface area contributed by atoms with Gasteiger partial charge in [0.2, 0.25) is 5.69 Å². The lowest BCUT2D eigenvalue weighted by Gasteiger charge is -2.39. The monoisotopic (exact) mass is 454 g/mol. The first-order chi connectivity index (χ1) is 17.3. The lowest BCUT2D eigenvalue weighted by atomic mass is 9.76. The van der Waals surface area contributed by atoms with Gasteiger partial charge in [-0.1, -0.05) is 61.2 Å². The first-order valence-electron chi connectivity index (χ1n) is 12.5. The molecule has 0 saturated carbocycles. The van der Waals surface area contributed by atoms with Crippen molar-refractivity contribution in [2.45, 2.75) is 31.0 Å². The smallest absolute Gasteiger partial charge is 0.213 e. The highest BCUT2D eigenvalue weighted by Gasteiger charge is 2.46. The van der Waals surface area contributed by atoms with E-state index in [-0.39, 0.29) is 12.1 Å². The minimum absolute atomic E-state index is 0.00284. The van der Waals surface area contributed by atoms with Gasteiger partial charge in [0, 0.05) is 42.3 Å². The average Bonchev–Trinajstić information content (AvgIpc) is 3.38. The summed E-state index contributed by atoms with van der Waals surface area (Å²) in [6.07, 6.45) is 8.80. The van der Waals surface area contributed by atoms with Crippen LogP contribution in [-0.2, 0) is 6.42 Å². The summed E-state index contributed by atoms with van der Waals surface area (Å²) in [4.78, 5) is 4.82. The van der Waals surface area contributed by atoms with Gasteiger partial charge in [-0.15, -0.1) is 0 Å². The van der Waals surface area contributed by atoms with Crippen LogP contribution in [0.1, 0.15) is 29.5 Å². The third-order valence-corrected chi connectivity index (χ3v) is 7.88. The SMILES string of the molecule is C=C1C2c3ccccc3-c3cccc[n+]3C2CCc2ccccc2N2C=CN(c3ccccc3)C12. The summed E-state index contributed by atoms with van der Waals surface area (Å²) in [6.45, 7) is 4.87. The standard InChI is InChI=1S/C32H28N3/c1-23-31-27-15-7-6-14-26(27)29-17-9-10-20-34(29)30(31)19-18-24-11-5-8-16-28(24)35-22-21-33(32(23)35)25-12-3-2-4-13-25/h2-17,20-22,30-32H,1,18-19H2/q+1. The van der Waals surface area contributed by atoms with Crippen molar-refractivity contribution in [2.75, 3.05) is 9.80 Å². The molecule has 0 aliphatic carbocycles. The zero-order chi connectivity index (χ0) is 23.4. The van der Waals surface area contributed by atoms with Crippen molar-refractivity contribution >= 4 is 11.4 Å². The van der Waals surface area contributed by atoms with Gasteiger partial charge in [0.25, 0.3) is 0 Å². The van der Waals surface area contributed by atoms with Crippen LogP contribution in [0, 0.1) is 0 Å². The zero-order valence-corrected chi connectivity index (χ0v) is 19.7. The molecule has 0 spiro atoms. The van der Waals surface area contributed by atoms with Crippen molar-refractivity contribution < 1.29 is 4.57 Å². The molecule has 4 heterocycles. The highest BCUT2D eigenvalue weighted by molar-refractivity contribution is 5.70. The van der Waals surface area contributed by atoms with Crippen molar-refractivity contribution in [1.82, 2.24) is 0 Å². The van der Waals surface area contributed by atoms with E-state index in [2.05, 4.69) is 130 Å². The number of anilines is 2. The van der Waals surface area contributed by atoms with Gasteiger partial charge < -0.3 is 9.80 Å². The molecule has 4 aromatic rings. The molecule has 3 aliphatic rings. The van der Waals surface area contributed by atoms with E-state index in [9.17, 15) is 0 Å². The minimum atomic E-state index is 0.00284. The number of hydrogen-bond acceptors (Lipinski definition) is 2. The summed E-state index contributed by atoms with van der Waals surface area (Å²) >= 11 is 0. The molecular weight excluding hydrogens is 426 g/mol. The second kappa shape index (κ2) is 7.99. The second-order valence-electron chi connectivity index (χ2n) is 9.69. The Morgan fingerprint density at radius 2 is 1.49 bits per heavy atom. The summed E-state index contributed by atoms with van der Waals surface area (Å²) in [7, 11) is 0. The van der Waals surface area contributed by atoms with Crippen LogP contribution < -0.4 is 14.4 Å². The van der Waals surface area contributed by atoms with Crippen molar-refractivity contribution in [3.05, 3.63) is 139 Å². The van der Waals surface area contributed by atoms with E-state index in [1.807, 2.05) is 0 Å². The normalized spacial score (nSPS) is 22.2. The van der Waals surface area contributed by atoms with Gasteiger partial charge in [0.1, 0.15) is 6.17 Å². The summed E-state index contributed by atoms with van der Waals surface area (Å²) < 4.78 is 2.51. The third kappa shape index (κ3) is 3.08. The Balaban J connectivity index is 1.46. The molecule has 3 aromatic carbocycles. The van der Waals surface area contributed by atoms with Crippen molar-refractivity contribution in [2.24, 2.45) is 0 Å². The first kappa shape index (κ1) is 20.3. The Labute approximate surface area is 206 Å². The molecule has 0 bridgehead atoms. The molecule has 35 heavy (non-hydrogen) atoms. The Hall–Kier alpha value is -4.11. The van der Waals surface area contributed by atoms with Gasteiger partial charge in [-0.2, -0.15) is 4.57 Å². The molecule has 170 valence electrons. The number of rotatable bonds is 1. The minimum Gasteiger partial charge on any atom is -0.322 e. The van der Waals surface area contributed by atoms with E-state index in [1.54, 1.807) is 0 Å². The molecular formula is C32H28N3+. The van der Waals surface area contributed by atoms with Crippen LogP contribution in [0.25, 0.3) is 11.3 Å². The Bertz CT molecular complexity index is 1450. The number of aromatic nitrogens is 1. The van der Waals surface area contributed by atoms with Gasteiger partial charge in [-0.05, 0) is 53.5 Å². The molecule has 7 rings (SSSR count). The molecule has 3 nitrogen and oxygen atoms in total. The van der Waals surface area contributed by atoms with E-state index < -0.39 is 0 Å². The summed E-state index contributed by atoms with van der Waals surface area (Å²) in [6, 6.07) is 35.4. The van der Waals surface area contributed by atoms with Crippen molar-refractivity contribution in [3.8, 4) is 11.3 Å². The number of pyridine rings is 1. The molecule has 0 N–H and O–H groups in total. The predicted molar refractivity (Wildman–Crippen MR) is 142 cm³/mol. The van der Waals surface area contributed by atoms with Gasteiger partial charge >= 0.3 is 0 Å². The molecule has 3 aliphatic heterocycles. The number of fused-ring (bicyclic) bond motifs is 9. The van der Waals surface area contributed by atoms with E-state index >= 15 is 0 Å². The highest BCUT2D eigenvalue weighted by Crippen LogP contribution is 2.48. The molecule has 0 fully saturated rings. The predicted octanol–water partition coefficient (Wildman–Crippen LogP) is 6.61. The number of para-hydroxylation sites is 2. The lowest BCUT2D eigenvalue weighted by molar-refractivity contribution is -0.717. The number of nitrogens with zero attached hydrogens (tertiary/aromatic N) is 3. The van der Waals surface area contributed by atoms with Crippen LogP contribution in [-0.4, -0.2) is 6.17 Å². The van der Waals surface area contributed by atoms with Crippen LogP contribution in [0.5, 0.6) is 0 Å². The largest absolute Gasteiger partial charge is 0.322 e. The molecule has 0 amide bonds. The zero-order valence-electron chi connectivity index (χ0n) is 19.7. The molecule has 0 radical (unpaired) electrons. The maximum Gasteiger partial charge on any atom is 0.213 e. The molecule has 1 aromatic heterocycles. The van der Waals surface area contributed by atoms with Crippen LogP contribution in [0.4, 0.5) is 11.4 Å². The summed E-state index contributed by atoms with van der Waals surface area (Å²) in [5, 5.41) is 0. The Kier molecular flexibility index (Phi) is 4.63. The van der Waals surface area contributed by atoms with Crippen LogP contribution in [0.3, 0.4) is 0 Å². The van der Waals surface area contributed by atoms with Crippen molar-refractivity contribution in [3.63, 3.8) is 0 Å². The average molecular weight is 455 g/mol. The molecule has 0 saturated heterocycles. The first-order valence-corrected chi connectivity index (χ1v) is 12.5.